The van der Waals surface area contributed by atoms with Gasteiger partial charge in [-0.05, 0) is 55.8 Å². The fraction of sp³-hybridized carbons (Fsp3) is 0.176. The van der Waals surface area contributed by atoms with Crippen LogP contribution in [0.1, 0.15) is 22.6 Å². The van der Waals surface area contributed by atoms with Gasteiger partial charge in [0.2, 0.25) is 0 Å². The lowest BCUT2D eigenvalue weighted by atomic mass is 10.1. The van der Waals surface area contributed by atoms with E-state index in [2.05, 4.69) is 10.3 Å². The number of nitrogens with one attached hydrogen (secondary N) is 1. The number of carbonyl (C=O) groups excluding carboxylic acids is 1. The molecular formula is C17H16N2O2S. The number of carbonyl (C=O) groups is 1. The average Bonchev–Trinajstić information content (AvgIpc) is 3.01. The summed E-state index contributed by atoms with van der Waals surface area (Å²) in [7, 11) is 0. The number of furan rings is 1. The van der Waals surface area contributed by atoms with E-state index in [1.54, 1.807) is 6.08 Å². The van der Waals surface area contributed by atoms with Crippen LogP contribution in [0.4, 0.5) is 5.69 Å². The second-order valence-electron chi connectivity index (χ2n) is 5.17. The Morgan fingerprint density at radius 2 is 1.86 bits per heavy atom. The third-order valence-electron chi connectivity index (χ3n) is 3.34. The average molecular weight is 312 g/mol. The van der Waals surface area contributed by atoms with Gasteiger partial charge < -0.3 is 9.73 Å². The van der Waals surface area contributed by atoms with E-state index in [0.717, 1.165) is 22.6 Å². The second kappa shape index (κ2) is 5.85. The number of hydrogen-bond acceptors (Lipinski definition) is 4. The number of rotatable bonds is 2. The molecule has 0 bridgehead atoms. The van der Waals surface area contributed by atoms with Crippen LogP contribution in [0.25, 0.3) is 6.08 Å². The molecule has 22 heavy (non-hydrogen) atoms. The zero-order chi connectivity index (χ0) is 15.7. The summed E-state index contributed by atoms with van der Waals surface area (Å²) in [6, 6.07) is 9.73. The van der Waals surface area contributed by atoms with Crippen molar-refractivity contribution in [1.82, 2.24) is 5.32 Å². The Hall–Kier alpha value is -2.27. The zero-order valence-corrected chi connectivity index (χ0v) is 13.5. The highest BCUT2D eigenvalue weighted by atomic mass is 32.2. The quantitative estimate of drug-likeness (QED) is 0.850. The maximum atomic E-state index is 12.0. The first kappa shape index (κ1) is 14.7. The molecule has 1 saturated heterocycles. The monoisotopic (exact) mass is 312 g/mol. The molecule has 0 aliphatic carbocycles. The van der Waals surface area contributed by atoms with Gasteiger partial charge in [0.1, 0.15) is 11.5 Å². The number of benzene rings is 1. The van der Waals surface area contributed by atoms with Crippen molar-refractivity contribution in [3.8, 4) is 0 Å². The Kier molecular flexibility index (Phi) is 3.90. The number of amides is 1. The SMILES string of the molecule is Cc1ccc(/C=C2\SC(=Nc3c(C)cccc3C)NC2=O)o1. The summed E-state index contributed by atoms with van der Waals surface area (Å²) < 4.78 is 5.48. The van der Waals surface area contributed by atoms with Crippen molar-refractivity contribution in [3.05, 3.63) is 57.9 Å². The molecule has 2 aromatic rings. The maximum Gasteiger partial charge on any atom is 0.264 e. The van der Waals surface area contributed by atoms with E-state index in [1.807, 2.05) is 51.1 Å². The number of thioether (sulfide) groups is 1. The molecule has 1 aromatic carbocycles. The van der Waals surface area contributed by atoms with Crippen LogP contribution >= 0.6 is 11.8 Å². The molecule has 5 heteroatoms. The lowest BCUT2D eigenvalue weighted by Crippen LogP contribution is -2.19. The fourth-order valence-corrected chi connectivity index (χ4v) is 3.03. The van der Waals surface area contributed by atoms with Gasteiger partial charge in [-0.2, -0.15) is 0 Å². The summed E-state index contributed by atoms with van der Waals surface area (Å²) in [6.45, 7) is 5.89. The molecular weight excluding hydrogens is 296 g/mol. The Labute approximate surface area is 133 Å². The minimum atomic E-state index is -0.149. The van der Waals surface area contributed by atoms with E-state index >= 15 is 0 Å². The Balaban J connectivity index is 1.88. The largest absolute Gasteiger partial charge is 0.462 e. The Morgan fingerprint density at radius 3 is 2.50 bits per heavy atom. The highest BCUT2D eigenvalue weighted by molar-refractivity contribution is 8.18. The van der Waals surface area contributed by atoms with Crippen LogP contribution in [0.2, 0.25) is 0 Å². The van der Waals surface area contributed by atoms with E-state index in [4.69, 9.17) is 4.42 Å². The van der Waals surface area contributed by atoms with Crippen LogP contribution in [0.3, 0.4) is 0 Å². The predicted molar refractivity (Wildman–Crippen MR) is 90.2 cm³/mol. The third-order valence-corrected chi connectivity index (χ3v) is 4.25. The summed E-state index contributed by atoms with van der Waals surface area (Å²) in [5, 5.41) is 3.39. The van der Waals surface area contributed by atoms with E-state index in [1.165, 1.54) is 11.8 Å². The number of aryl methyl sites for hydroxylation is 3. The third kappa shape index (κ3) is 2.99. The first-order valence-corrected chi connectivity index (χ1v) is 7.77. The molecule has 0 saturated carbocycles. The van der Waals surface area contributed by atoms with Crippen LogP contribution in [0.5, 0.6) is 0 Å². The van der Waals surface area contributed by atoms with Crippen molar-refractivity contribution < 1.29 is 9.21 Å². The molecule has 1 amide bonds. The van der Waals surface area contributed by atoms with Crippen molar-refractivity contribution in [2.24, 2.45) is 4.99 Å². The van der Waals surface area contributed by atoms with Crippen molar-refractivity contribution in [3.63, 3.8) is 0 Å². The van der Waals surface area contributed by atoms with E-state index < -0.39 is 0 Å². The van der Waals surface area contributed by atoms with Gasteiger partial charge in [0.25, 0.3) is 5.91 Å². The van der Waals surface area contributed by atoms with Gasteiger partial charge in [0.05, 0.1) is 10.6 Å². The molecule has 0 unspecified atom stereocenters. The normalized spacial score (nSPS) is 18.2. The van der Waals surface area contributed by atoms with Gasteiger partial charge >= 0.3 is 0 Å². The van der Waals surface area contributed by atoms with Gasteiger partial charge in [-0.1, -0.05) is 18.2 Å². The number of hydrogen-bond donors (Lipinski definition) is 1. The first-order valence-electron chi connectivity index (χ1n) is 6.95. The maximum absolute atomic E-state index is 12.0. The van der Waals surface area contributed by atoms with Gasteiger partial charge in [-0.3, -0.25) is 4.79 Å². The fourth-order valence-electron chi connectivity index (χ4n) is 2.22. The van der Waals surface area contributed by atoms with Crippen molar-refractivity contribution in [2.75, 3.05) is 0 Å². The minimum absolute atomic E-state index is 0.149. The summed E-state index contributed by atoms with van der Waals surface area (Å²) >= 11 is 1.33. The topological polar surface area (TPSA) is 54.6 Å². The molecule has 0 radical (unpaired) electrons. The van der Waals surface area contributed by atoms with E-state index in [0.29, 0.717) is 15.8 Å². The number of aliphatic imine (C=N–C) groups is 1. The van der Waals surface area contributed by atoms with Crippen LogP contribution in [-0.2, 0) is 4.79 Å². The molecule has 3 rings (SSSR count). The first-order chi connectivity index (χ1) is 10.5. The molecule has 0 atom stereocenters. The van der Waals surface area contributed by atoms with E-state index in [9.17, 15) is 4.79 Å². The molecule has 0 spiro atoms. The zero-order valence-electron chi connectivity index (χ0n) is 12.6. The van der Waals surface area contributed by atoms with E-state index in [-0.39, 0.29) is 5.91 Å². The highest BCUT2D eigenvalue weighted by Gasteiger charge is 2.24. The molecule has 2 heterocycles. The lowest BCUT2D eigenvalue weighted by molar-refractivity contribution is -0.115. The second-order valence-corrected chi connectivity index (χ2v) is 6.20. The molecule has 1 aliphatic heterocycles. The highest BCUT2D eigenvalue weighted by Crippen LogP contribution is 2.30. The molecule has 4 nitrogen and oxygen atoms in total. The smallest absolute Gasteiger partial charge is 0.264 e. The predicted octanol–water partition coefficient (Wildman–Crippen LogP) is 4.10. The van der Waals surface area contributed by atoms with Crippen LogP contribution < -0.4 is 5.32 Å². The molecule has 1 aromatic heterocycles. The molecule has 112 valence electrons. The Morgan fingerprint density at radius 1 is 1.14 bits per heavy atom. The summed E-state index contributed by atoms with van der Waals surface area (Å²) in [4.78, 5) is 17.2. The molecule has 1 fully saturated rings. The number of nitrogens with zero attached hydrogens (tertiary/aromatic N) is 1. The summed E-state index contributed by atoms with van der Waals surface area (Å²) in [6.07, 6.45) is 1.74. The summed E-state index contributed by atoms with van der Waals surface area (Å²) in [5.41, 5.74) is 3.07. The van der Waals surface area contributed by atoms with Gasteiger partial charge in [0.15, 0.2) is 5.17 Å². The van der Waals surface area contributed by atoms with Crippen LogP contribution in [0, 0.1) is 20.8 Å². The Bertz CT molecular complexity index is 782. The molecule has 1 aliphatic rings. The van der Waals surface area contributed by atoms with Gasteiger partial charge in [-0.25, -0.2) is 4.99 Å². The number of amidine groups is 1. The van der Waals surface area contributed by atoms with Crippen LogP contribution in [0.15, 0.2) is 44.6 Å². The van der Waals surface area contributed by atoms with Crippen molar-refractivity contribution in [2.45, 2.75) is 20.8 Å². The standard InChI is InChI=1S/C17H16N2O2S/c1-10-5-4-6-11(2)15(10)18-17-19-16(20)14(22-17)9-13-8-7-12(3)21-13/h4-9H,1-3H3,(H,18,19,20)/b14-9-. The molecule has 1 N–H and O–H groups in total. The minimum Gasteiger partial charge on any atom is -0.462 e. The lowest BCUT2D eigenvalue weighted by Gasteiger charge is -2.04. The van der Waals surface area contributed by atoms with Crippen LogP contribution in [-0.4, -0.2) is 11.1 Å². The van der Waals surface area contributed by atoms with Crippen molar-refractivity contribution >= 4 is 34.6 Å². The van der Waals surface area contributed by atoms with Crippen molar-refractivity contribution in [1.29, 1.82) is 0 Å². The van der Waals surface area contributed by atoms with Gasteiger partial charge in [-0.15, -0.1) is 0 Å². The summed E-state index contributed by atoms with van der Waals surface area (Å²) in [5.74, 6) is 1.34. The van der Waals surface area contributed by atoms with Gasteiger partial charge in [0, 0.05) is 6.08 Å². The number of para-hydroxylation sites is 1.